The molecule has 156 valence electrons. The SMILES string of the molecule is CCCN1C(=O)c2ccccc2C1c1c(-c2ccc(Cl)cc2Cl)n(C)c2ccccc12. The number of fused-ring (bicyclic) bond motifs is 2. The van der Waals surface area contributed by atoms with Gasteiger partial charge in [0.15, 0.2) is 0 Å². The lowest BCUT2D eigenvalue weighted by atomic mass is 9.93. The van der Waals surface area contributed by atoms with Gasteiger partial charge < -0.3 is 9.47 Å². The molecule has 0 saturated heterocycles. The van der Waals surface area contributed by atoms with Gasteiger partial charge in [-0.25, -0.2) is 0 Å². The third kappa shape index (κ3) is 3.07. The Morgan fingerprint density at radius 1 is 0.935 bits per heavy atom. The van der Waals surface area contributed by atoms with Crippen LogP contribution in [0.3, 0.4) is 0 Å². The molecule has 3 aromatic carbocycles. The Balaban J connectivity index is 1.87. The average Bonchev–Trinajstić information content (AvgIpc) is 3.20. The Labute approximate surface area is 191 Å². The van der Waals surface area contributed by atoms with Gasteiger partial charge in [-0.1, -0.05) is 66.5 Å². The van der Waals surface area contributed by atoms with Crippen LogP contribution in [0.2, 0.25) is 10.0 Å². The second kappa shape index (κ2) is 7.74. The van der Waals surface area contributed by atoms with Crippen LogP contribution in [-0.2, 0) is 7.05 Å². The summed E-state index contributed by atoms with van der Waals surface area (Å²) in [6.07, 6.45) is 0.887. The summed E-state index contributed by atoms with van der Waals surface area (Å²) >= 11 is 12.9. The normalized spacial score (nSPS) is 15.7. The van der Waals surface area contributed by atoms with E-state index in [9.17, 15) is 4.79 Å². The maximum atomic E-state index is 13.3. The molecule has 5 rings (SSSR count). The van der Waals surface area contributed by atoms with Crippen molar-refractivity contribution in [3.05, 3.63) is 93.5 Å². The molecule has 1 aliphatic heterocycles. The molecule has 0 fully saturated rings. The summed E-state index contributed by atoms with van der Waals surface area (Å²) in [5, 5.41) is 2.32. The van der Waals surface area contributed by atoms with Crippen LogP contribution in [0, 0.1) is 0 Å². The van der Waals surface area contributed by atoms with Crippen LogP contribution in [0.4, 0.5) is 0 Å². The van der Waals surface area contributed by atoms with Gasteiger partial charge in [-0.3, -0.25) is 4.79 Å². The zero-order valence-electron chi connectivity index (χ0n) is 17.4. The summed E-state index contributed by atoms with van der Waals surface area (Å²) in [6.45, 7) is 2.79. The fourth-order valence-corrected chi connectivity index (χ4v) is 5.36. The predicted molar refractivity (Wildman–Crippen MR) is 128 cm³/mol. The Morgan fingerprint density at radius 2 is 1.68 bits per heavy atom. The number of carbonyl (C=O) groups excluding carboxylic acids is 1. The zero-order valence-corrected chi connectivity index (χ0v) is 18.9. The molecule has 0 aliphatic carbocycles. The lowest BCUT2D eigenvalue weighted by molar-refractivity contribution is 0.0751. The maximum Gasteiger partial charge on any atom is 0.255 e. The van der Waals surface area contributed by atoms with Gasteiger partial charge in [0.2, 0.25) is 0 Å². The highest BCUT2D eigenvalue weighted by Gasteiger charge is 2.40. The molecule has 0 N–H and O–H groups in total. The molecule has 1 atom stereocenters. The first kappa shape index (κ1) is 20.2. The maximum absolute atomic E-state index is 13.3. The molecule has 4 aromatic rings. The molecule has 0 bridgehead atoms. The quantitative estimate of drug-likeness (QED) is 0.326. The van der Waals surface area contributed by atoms with Gasteiger partial charge in [0.1, 0.15) is 0 Å². The number of aromatic nitrogens is 1. The monoisotopic (exact) mass is 448 g/mol. The molecule has 5 heteroatoms. The largest absolute Gasteiger partial charge is 0.343 e. The van der Waals surface area contributed by atoms with E-state index in [0.717, 1.165) is 45.3 Å². The van der Waals surface area contributed by atoms with E-state index < -0.39 is 0 Å². The highest BCUT2D eigenvalue weighted by atomic mass is 35.5. The fraction of sp³-hybridized carbons (Fsp3) is 0.192. The number of halogens is 2. The number of amides is 1. The van der Waals surface area contributed by atoms with Gasteiger partial charge in [-0.05, 0) is 42.3 Å². The number of aryl methyl sites for hydroxylation is 1. The van der Waals surface area contributed by atoms with Crippen molar-refractivity contribution in [2.45, 2.75) is 19.4 Å². The summed E-state index contributed by atoms with van der Waals surface area (Å²) in [4.78, 5) is 15.3. The van der Waals surface area contributed by atoms with E-state index in [2.05, 4.69) is 36.7 Å². The Kier molecular flexibility index (Phi) is 5.04. The second-order valence-corrected chi connectivity index (χ2v) is 8.79. The molecular weight excluding hydrogens is 427 g/mol. The summed E-state index contributed by atoms with van der Waals surface area (Å²) < 4.78 is 2.18. The van der Waals surface area contributed by atoms with Crippen molar-refractivity contribution in [2.75, 3.05) is 6.54 Å². The summed E-state index contributed by atoms with van der Waals surface area (Å²) in [5.41, 5.74) is 5.96. The standard InChI is InChI=1S/C26H22Cl2N2O/c1-3-14-30-25(17-8-4-5-9-18(17)26(30)31)23-20-10-6-7-11-22(20)29(2)24(23)19-13-12-16(27)15-21(19)28/h4-13,15,25H,3,14H2,1-2H3. The Morgan fingerprint density at radius 3 is 2.45 bits per heavy atom. The third-order valence-corrected chi connectivity index (χ3v) is 6.68. The molecule has 31 heavy (non-hydrogen) atoms. The topological polar surface area (TPSA) is 25.2 Å². The van der Waals surface area contributed by atoms with Crippen LogP contribution >= 0.6 is 23.2 Å². The lowest BCUT2D eigenvalue weighted by Crippen LogP contribution is -2.29. The minimum atomic E-state index is -0.170. The molecule has 0 radical (unpaired) electrons. The van der Waals surface area contributed by atoms with E-state index in [4.69, 9.17) is 23.2 Å². The van der Waals surface area contributed by atoms with Crippen LogP contribution < -0.4 is 0 Å². The van der Waals surface area contributed by atoms with Crippen molar-refractivity contribution >= 4 is 40.0 Å². The Bertz CT molecular complexity index is 1320. The van der Waals surface area contributed by atoms with Gasteiger partial charge in [0, 0.05) is 46.2 Å². The van der Waals surface area contributed by atoms with Crippen LogP contribution in [0.25, 0.3) is 22.2 Å². The minimum absolute atomic E-state index is 0.0866. The predicted octanol–water partition coefficient (Wildman–Crippen LogP) is 7.11. The second-order valence-electron chi connectivity index (χ2n) is 7.95. The summed E-state index contributed by atoms with van der Waals surface area (Å²) in [5.74, 6) is 0.0866. The van der Waals surface area contributed by atoms with Crippen LogP contribution in [0.5, 0.6) is 0 Å². The van der Waals surface area contributed by atoms with Crippen molar-refractivity contribution in [1.82, 2.24) is 9.47 Å². The van der Waals surface area contributed by atoms with E-state index in [1.807, 2.05) is 47.4 Å². The van der Waals surface area contributed by atoms with Crippen LogP contribution in [0.15, 0.2) is 66.7 Å². The van der Waals surface area contributed by atoms with E-state index in [1.165, 1.54) is 0 Å². The molecule has 1 aliphatic rings. The van der Waals surface area contributed by atoms with E-state index in [-0.39, 0.29) is 11.9 Å². The van der Waals surface area contributed by atoms with Crippen molar-refractivity contribution in [1.29, 1.82) is 0 Å². The number of hydrogen-bond acceptors (Lipinski definition) is 1. The van der Waals surface area contributed by atoms with E-state index in [0.29, 0.717) is 16.6 Å². The first-order valence-corrected chi connectivity index (χ1v) is 11.2. The van der Waals surface area contributed by atoms with Crippen molar-refractivity contribution in [3.63, 3.8) is 0 Å². The number of benzene rings is 3. The average molecular weight is 449 g/mol. The van der Waals surface area contributed by atoms with Gasteiger partial charge in [-0.2, -0.15) is 0 Å². The number of nitrogens with zero attached hydrogens (tertiary/aromatic N) is 2. The van der Waals surface area contributed by atoms with Gasteiger partial charge in [-0.15, -0.1) is 0 Å². The first-order chi connectivity index (χ1) is 15.0. The van der Waals surface area contributed by atoms with Gasteiger partial charge in [0.05, 0.1) is 16.8 Å². The molecule has 1 aromatic heterocycles. The molecule has 0 spiro atoms. The molecule has 3 nitrogen and oxygen atoms in total. The van der Waals surface area contributed by atoms with E-state index >= 15 is 0 Å². The molecule has 0 saturated carbocycles. The fourth-order valence-electron chi connectivity index (χ4n) is 4.86. The Hall–Kier alpha value is -2.75. The van der Waals surface area contributed by atoms with E-state index in [1.54, 1.807) is 6.07 Å². The van der Waals surface area contributed by atoms with Crippen molar-refractivity contribution in [2.24, 2.45) is 7.05 Å². The number of hydrogen-bond donors (Lipinski definition) is 0. The molecule has 1 unspecified atom stereocenters. The van der Waals surface area contributed by atoms with Crippen molar-refractivity contribution < 1.29 is 4.79 Å². The number of carbonyl (C=O) groups is 1. The lowest BCUT2D eigenvalue weighted by Gasteiger charge is -2.26. The highest BCUT2D eigenvalue weighted by molar-refractivity contribution is 6.36. The van der Waals surface area contributed by atoms with Gasteiger partial charge in [0.25, 0.3) is 5.91 Å². The van der Waals surface area contributed by atoms with Crippen LogP contribution in [-0.4, -0.2) is 21.9 Å². The highest BCUT2D eigenvalue weighted by Crippen LogP contribution is 2.47. The van der Waals surface area contributed by atoms with Crippen molar-refractivity contribution in [3.8, 4) is 11.3 Å². The van der Waals surface area contributed by atoms with Crippen LogP contribution in [0.1, 0.15) is 40.9 Å². The molecular formula is C26H22Cl2N2O. The smallest absolute Gasteiger partial charge is 0.255 e. The zero-order chi connectivity index (χ0) is 21.7. The summed E-state index contributed by atoms with van der Waals surface area (Å²) in [6, 6.07) is 21.7. The molecule has 1 amide bonds. The molecule has 2 heterocycles. The first-order valence-electron chi connectivity index (χ1n) is 10.5. The third-order valence-electron chi connectivity index (χ3n) is 6.13. The number of para-hydroxylation sites is 1. The summed E-state index contributed by atoms with van der Waals surface area (Å²) in [7, 11) is 2.05. The number of rotatable bonds is 4. The minimum Gasteiger partial charge on any atom is -0.343 e. The van der Waals surface area contributed by atoms with Gasteiger partial charge >= 0.3 is 0 Å².